The largest absolute Gasteiger partial charge is 0.712 e. The van der Waals surface area contributed by atoms with E-state index < -0.39 is 25.7 Å². The fourth-order valence-corrected chi connectivity index (χ4v) is 5.29. The number of rotatable bonds is 6. The molecule has 0 aliphatic carbocycles. The zero-order chi connectivity index (χ0) is 22.2. The molecule has 0 spiro atoms. The maximum absolute atomic E-state index is 12.9. The number of sulfonamides is 1. The highest BCUT2D eigenvalue weighted by Crippen LogP contribution is 2.29. The van der Waals surface area contributed by atoms with Crippen LogP contribution < -0.4 is 15.1 Å². The SMILES string of the molecule is O=S(Cc1cc(=[N+]([O-])[O-])[nH][nH]1)c1ccc(Cl)cc1NS(=O)(=O)c1cc2ccccc2o1. The number of hydrogen-bond donors (Lipinski definition) is 3. The number of para-hydroxylation sites is 1. The van der Waals surface area contributed by atoms with Gasteiger partial charge in [-0.15, -0.1) is 0 Å². The number of aromatic nitrogens is 2. The molecule has 10 nitrogen and oxygen atoms in total. The molecule has 0 radical (unpaired) electrons. The van der Waals surface area contributed by atoms with Crippen LogP contribution in [-0.2, 0) is 26.6 Å². The van der Waals surface area contributed by atoms with E-state index in [0.717, 1.165) is 0 Å². The molecule has 0 fully saturated rings. The topological polar surface area (TPSA) is 157 Å². The third-order valence-electron chi connectivity index (χ3n) is 4.24. The molecule has 3 N–H and O–H groups in total. The minimum absolute atomic E-state index is 0.0105. The Morgan fingerprint density at radius 3 is 2.58 bits per heavy atom. The lowest BCUT2D eigenvalue weighted by atomic mass is 10.3. The molecule has 13 heteroatoms. The Kier molecular flexibility index (Phi) is 5.52. The van der Waals surface area contributed by atoms with Crippen molar-refractivity contribution < 1.29 is 17.0 Å². The molecule has 0 saturated carbocycles. The number of benzene rings is 2. The quantitative estimate of drug-likeness (QED) is 0.359. The monoisotopic (exact) mass is 481 g/mol. The van der Waals surface area contributed by atoms with E-state index in [9.17, 15) is 23.0 Å². The van der Waals surface area contributed by atoms with E-state index in [0.29, 0.717) is 16.7 Å². The second-order valence-corrected chi connectivity index (χ2v) is 9.87. The Balaban J connectivity index is 1.66. The number of furan rings is 1. The molecule has 0 aliphatic rings. The van der Waals surface area contributed by atoms with Crippen LogP contribution in [0.2, 0.25) is 5.02 Å². The van der Waals surface area contributed by atoms with Crippen LogP contribution in [0.3, 0.4) is 0 Å². The lowest BCUT2D eigenvalue weighted by molar-refractivity contribution is 0.484. The van der Waals surface area contributed by atoms with Crippen molar-refractivity contribution in [3.8, 4) is 0 Å². The number of aromatic amines is 2. The Morgan fingerprint density at radius 2 is 1.87 bits per heavy atom. The van der Waals surface area contributed by atoms with Gasteiger partial charge in [0.05, 0.1) is 38.9 Å². The van der Waals surface area contributed by atoms with E-state index in [2.05, 4.69) is 14.9 Å². The lowest BCUT2D eigenvalue weighted by Crippen LogP contribution is -2.18. The molecule has 1 atom stereocenters. The van der Waals surface area contributed by atoms with Gasteiger partial charge >= 0.3 is 5.49 Å². The molecule has 2 aromatic carbocycles. The Morgan fingerprint density at radius 1 is 1.10 bits per heavy atom. The van der Waals surface area contributed by atoms with Crippen molar-refractivity contribution in [2.45, 2.75) is 15.7 Å². The number of fused-ring (bicyclic) bond motifs is 1. The van der Waals surface area contributed by atoms with Gasteiger partial charge in [-0.1, -0.05) is 29.8 Å². The first kappa shape index (κ1) is 21.0. The summed E-state index contributed by atoms with van der Waals surface area (Å²) in [5.74, 6) is -0.120. The van der Waals surface area contributed by atoms with Crippen molar-refractivity contribution in [3.63, 3.8) is 0 Å². The van der Waals surface area contributed by atoms with Gasteiger partial charge in [-0.3, -0.25) is 13.8 Å². The highest BCUT2D eigenvalue weighted by atomic mass is 35.5. The molecule has 162 valence electrons. The first-order valence-corrected chi connectivity index (χ1v) is 11.8. The van der Waals surface area contributed by atoms with Crippen molar-refractivity contribution in [1.29, 1.82) is 0 Å². The van der Waals surface area contributed by atoms with Crippen LogP contribution in [-0.4, -0.2) is 22.8 Å². The maximum Gasteiger partial charge on any atom is 0.301 e. The summed E-state index contributed by atoms with van der Waals surface area (Å²) >= 11 is 6.02. The van der Waals surface area contributed by atoms with E-state index in [1.54, 1.807) is 24.3 Å². The van der Waals surface area contributed by atoms with Gasteiger partial charge in [-0.25, -0.2) is 5.10 Å². The zero-order valence-electron chi connectivity index (χ0n) is 15.5. The van der Waals surface area contributed by atoms with Crippen LogP contribution in [0.4, 0.5) is 5.69 Å². The minimum atomic E-state index is -4.14. The average molecular weight is 482 g/mol. The number of halogens is 1. The summed E-state index contributed by atoms with van der Waals surface area (Å²) in [6, 6.07) is 13.6. The predicted molar refractivity (Wildman–Crippen MR) is 116 cm³/mol. The molecular formula is C18H14ClN4O6S2-. The standard InChI is InChI=1S/C18H14ClN4O6S2/c19-12-5-6-16(30(26)10-13-9-17(21-20-13)23(24)25)14(8-12)22-31(27,28)18-7-11-3-1-2-4-15(11)29-18/h1-9,20-22H,10H2/q-1. The van der Waals surface area contributed by atoms with E-state index in [-0.39, 0.29) is 31.9 Å². The fourth-order valence-electron chi connectivity index (χ4n) is 2.84. The smallest absolute Gasteiger partial charge is 0.301 e. The molecular weight excluding hydrogens is 468 g/mol. The Bertz CT molecular complexity index is 1430. The van der Waals surface area contributed by atoms with Gasteiger partial charge in [0.1, 0.15) is 5.58 Å². The van der Waals surface area contributed by atoms with Crippen molar-refractivity contribution in [3.05, 3.63) is 81.2 Å². The first-order valence-electron chi connectivity index (χ1n) is 8.66. The summed E-state index contributed by atoms with van der Waals surface area (Å²) in [6.07, 6.45) is 0. The molecule has 31 heavy (non-hydrogen) atoms. The highest BCUT2D eigenvalue weighted by Gasteiger charge is 2.23. The molecule has 0 amide bonds. The van der Waals surface area contributed by atoms with Gasteiger partial charge in [-0.05, 0) is 24.3 Å². The van der Waals surface area contributed by atoms with Crippen molar-refractivity contribution in [2.24, 2.45) is 0 Å². The van der Waals surface area contributed by atoms with Crippen LogP contribution in [0, 0.1) is 10.4 Å². The number of nitrogens with zero attached hydrogens (tertiary/aromatic N) is 1. The summed E-state index contributed by atoms with van der Waals surface area (Å²) in [4.78, 5) is -0.473. The molecule has 0 saturated heterocycles. The summed E-state index contributed by atoms with van der Waals surface area (Å²) in [6.45, 7) is 0. The normalized spacial score (nSPS) is 12.7. The molecule has 1 unspecified atom stereocenters. The van der Waals surface area contributed by atoms with E-state index >= 15 is 0 Å². The highest BCUT2D eigenvalue weighted by molar-refractivity contribution is 7.92. The zero-order valence-corrected chi connectivity index (χ0v) is 17.9. The Labute approximate surface area is 182 Å². The Hall–Kier alpha value is -3.22. The predicted octanol–water partition coefficient (Wildman–Crippen LogP) is 2.62. The van der Waals surface area contributed by atoms with E-state index in [1.807, 2.05) is 0 Å². The van der Waals surface area contributed by atoms with Crippen molar-refractivity contribution in [1.82, 2.24) is 15.1 Å². The van der Waals surface area contributed by atoms with E-state index in [4.69, 9.17) is 16.0 Å². The molecule has 2 heterocycles. The summed E-state index contributed by atoms with van der Waals surface area (Å²) in [5.41, 5.74) is 0.443. The molecule has 2 aromatic heterocycles. The third kappa shape index (κ3) is 4.45. The molecule has 0 aliphatic heterocycles. The summed E-state index contributed by atoms with van der Waals surface area (Å²) in [7, 11) is -5.89. The van der Waals surface area contributed by atoms with Crippen molar-refractivity contribution >= 4 is 49.1 Å². The number of anilines is 1. The van der Waals surface area contributed by atoms with Gasteiger partial charge in [0.25, 0.3) is 10.0 Å². The van der Waals surface area contributed by atoms with Gasteiger partial charge in [0, 0.05) is 16.5 Å². The number of H-pyrrole nitrogens is 2. The van der Waals surface area contributed by atoms with Crippen LogP contribution in [0.25, 0.3) is 11.0 Å². The van der Waals surface area contributed by atoms with Crippen molar-refractivity contribution in [2.75, 3.05) is 4.72 Å². The average Bonchev–Trinajstić information content (AvgIpc) is 3.35. The number of nitrogens with one attached hydrogen (secondary N) is 3. The van der Waals surface area contributed by atoms with Gasteiger partial charge in [-0.2, -0.15) is 13.5 Å². The summed E-state index contributed by atoms with van der Waals surface area (Å²) in [5, 5.41) is 27.1. The first-order chi connectivity index (χ1) is 14.7. The maximum atomic E-state index is 12.9. The minimum Gasteiger partial charge on any atom is -0.712 e. The molecule has 0 bridgehead atoms. The van der Waals surface area contributed by atoms with Gasteiger partial charge in [0.15, 0.2) is 0 Å². The van der Waals surface area contributed by atoms with Crippen LogP contribution >= 0.6 is 11.6 Å². The third-order valence-corrected chi connectivity index (χ3v) is 7.12. The van der Waals surface area contributed by atoms with E-state index in [1.165, 1.54) is 30.3 Å². The molecule has 4 rings (SSSR count). The van der Waals surface area contributed by atoms with Crippen LogP contribution in [0.1, 0.15) is 5.69 Å². The number of hydrogen-bond acceptors (Lipinski definition) is 6. The fraction of sp³-hybridized carbons (Fsp3) is 0.0556. The second-order valence-electron chi connectivity index (χ2n) is 6.40. The second kappa shape index (κ2) is 8.13. The van der Waals surface area contributed by atoms with Gasteiger partial charge < -0.3 is 14.8 Å². The van der Waals surface area contributed by atoms with Gasteiger partial charge in [0.2, 0.25) is 5.09 Å². The van der Waals surface area contributed by atoms with Crippen LogP contribution in [0.15, 0.2) is 69.0 Å². The van der Waals surface area contributed by atoms with Crippen LogP contribution in [0.5, 0.6) is 0 Å². The lowest BCUT2D eigenvalue weighted by Gasteiger charge is -2.11. The summed E-state index contributed by atoms with van der Waals surface area (Å²) < 4.78 is 46.4. The molecule has 4 aromatic rings.